The Morgan fingerprint density at radius 3 is 2.65 bits per heavy atom. The minimum absolute atomic E-state index is 0.0394. The van der Waals surface area contributed by atoms with Gasteiger partial charge in [-0.1, -0.05) is 66.7 Å². The van der Waals surface area contributed by atoms with E-state index in [1.54, 1.807) is 0 Å². The summed E-state index contributed by atoms with van der Waals surface area (Å²) < 4.78 is 0. The molecule has 1 amide bonds. The number of unbranched alkanes of at least 4 members (excludes halogenated alkanes) is 1. The average molecular weight is 447 g/mol. The van der Waals surface area contributed by atoms with Crippen LogP contribution in [0, 0.1) is 0 Å². The molecule has 1 aliphatic heterocycles. The third-order valence-electron chi connectivity index (χ3n) is 7.45. The van der Waals surface area contributed by atoms with Gasteiger partial charge in [-0.25, -0.2) is 0 Å². The van der Waals surface area contributed by atoms with Gasteiger partial charge in [0.2, 0.25) is 0 Å². The van der Waals surface area contributed by atoms with Gasteiger partial charge in [-0.2, -0.15) is 0 Å². The third-order valence-corrected chi connectivity index (χ3v) is 7.45. The Balaban J connectivity index is 0.983. The summed E-state index contributed by atoms with van der Waals surface area (Å²) in [6, 6.07) is 27.9. The smallest absolute Gasteiger partial charge is 0.251 e. The number of benzene rings is 4. The summed E-state index contributed by atoms with van der Waals surface area (Å²) in [5.41, 5.74) is 8.94. The minimum atomic E-state index is 0.0394. The molecule has 0 aromatic heterocycles. The Morgan fingerprint density at radius 2 is 1.68 bits per heavy atom. The van der Waals surface area contributed by atoms with E-state index in [1.807, 2.05) is 6.07 Å². The van der Waals surface area contributed by atoms with Gasteiger partial charge in [0, 0.05) is 25.2 Å². The molecule has 0 unspecified atom stereocenters. The summed E-state index contributed by atoms with van der Waals surface area (Å²) >= 11 is 0. The van der Waals surface area contributed by atoms with Gasteiger partial charge in [0.1, 0.15) is 0 Å². The van der Waals surface area contributed by atoms with Crippen molar-refractivity contribution in [1.82, 2.24) is 10.2 Å². The summed E-state index contributed by atoms with van der Waals surface area (Å²) in [6.07, 6.45) is 4.14. The van der Waals surface area contributed by atoms with Crippen molar-refractivity contribution in [2.24, 2.45) is 0 Å². The molecule has 0 atom stereocenters. The number of carbonyl (C=O) groups excluding carboxylic acids is 1. The van der Waals surface area contributed by atoms with Crippen molar-refractivity contribution in [3.8, 4) is 11.1 Å². The lowest BCUT2D eigenvalue weighted by Crippen LogP contribution is -2.32. The van der Waals surface area contributed by atoms with Gasteiger partial charge in [-0.3, -0.25) is 9.69 Å². The van der Waals surface area contributed by atoms with Gasteiger partial charge in [-0.05, 0) is 88.5 Å². The zero-order valence-corrected chi connectivity index (χ0v) is 19.5. The van der Waals surface area contributed by atoms with Gasteiger partial charge in [0.25, 0.3) is 5.91 Å². The maximum Gasteiger partial charge on any atom is 0.251 e. The highest BCUT2D eigenvalue weighted by molar-refractivity contribution is 5.95. The lowest BCUT2D eigenvalue weighted by atomic mass is 9.93. The Labute approximate surface area is 201 Å². The van der Waals surface area contributed by atoms with Crippen LogP contribution in [0.4, 0.5) is 0 Å². The van der Waals surface area contributed by atoms with Crippen molar-refractivity contribution in [1.29, 1.82) is 0 Å². The second-order valence-electron chi connectivity index (χ2n) is 9.62. The molecule has 6 rings (SSSR count). The summed E-state index contributed by atoms with van der Waals surface area (Å²) in [5.74, 6) is 0.0394. The van der Waals surface area contributed by atoms with E-state index in [2.05, 4.69) is 83.0 Å². The van der Waals surface area contributed by atoms with E-state index in [0.717, 1.165) is 57.4 Å². The van der Waals surface area contributed by atoms with Crippen LogP contribution in [0.3, 0.4) is 0 Å². The molecule has 34 heavy (non-hydrogen) atoms. The number of nitrogens with one attached hydrogen (secondary N) is 1. The molecule has 0 saturated heterocycles. The van der Waals surface area contributed by atoms with Crippen LogP contribution in [0.15, 0.2) is 78.9 Å². The average Bonchev–Trinajstić information content (AvgIpc) is 3.26. The fraction of sp³-hybridized carbons (Fsp3) is 0.258. The third kappa shape index (κ3) is 4.01. The molecule has 0 saturated carbocycles. The van der Waals surface area contributed by atoms with Gasteiger partial charge >= 0.3 is 0 Å². The summed E-state index contributed by atoms with van der Waals surface area (Å²) in [6.45, 7) is 3.96. The maximum absolute atomic E-state index is 12.7. The molecular weight excluding hydrogens is 416 g/mol. The molecule has 0 spiro atoms. The summed E-state index contributed by atoms with van der Waals surface area (Å²) in [7, 11) is 0. The Kier molecular flexibility index (Phi) is 5.64. The second-order valence-corrected chi connectivity index (χ2v) is 9.62. The van der Waals surface area contributed by atoms with Crippen molar-refractivity contribution >= 4 is 16.7 Å². The lowest BCUT2D eigenvalue weighted by Gasteiger charge is -2.29. The molecule has 1 N–H and O–H groups in total. The highest BCUT2D eigenvalue weighted by Crippen LogP contribution is 2.36. The minimum Gasteiger partial charge on any atom is -0.352 e. The predicted molar refractivity (Wildman–Crippen MR) is 139 cm³/mol. The highest BCUT2D eigenvalue weighted by Gasteiger charge is 2.20. The molecule has 0 bridgehead atoms. The SMILES string of the molecule is O=C(NCCCCN1CCc2c(ccc3ccccc23)C1)c1ccc2c(c1)Cc1ccccc1-2. The number of hydrogen-bond donors (Lipinski definition) is 1. The summed E-state index contributed by atoms with van der Waals surface area (Å²) in [4.78, 5) is 15.3. The van der Waals surface area contributed by atoms with Crippen LogP contribution >= 0.6 is 0 Å². The molecule has 3 nitrogen and oxygen atoms in total. The largest absolute Gasteiger partial charge is 0.352 e. The van der Waals surface area contributed by atoms with Gasteiger partial charge in [0.15, 0.2) is 0 Å². The number of rotatable bonds is 6. The molecule has 1 heterocycles. The zero-order valence-electron chi connectivity index (χ0n) is 19.5. The molecule has 4 aromatic rings. The first-order valence-electron chi connectivity index (χ1n) is 12.5. The van der Waals surface area contributed by atoms with Crippen LogP contribution in [0.25, 0.3) is 21.9 Å². The first-order chi connectivity index (χ1) is 16.8. The molecule has 0 radical (unpaired) electrons. The Morgan fingerprint density at radius 1 is 0.824 bits per heavy atom. The standard InChI is InChI=1S/C31H30N2O/c34-31(24-13-14-29-26(20-24)19-23-8-2-4-10-28(23)29)32-16-5-6-17-33-18-15-30-25(21-33)12-11-22-7-1-3-9-27(22)30/h1-4,7-14,20H,5-6,15-19,21H2,(H,32,34). The number of hydrogen-bond acceptors (Lipinski definition) is 2. The Bertz CT molecular complexity index is 1370. The lowest BCUT2D eigenvalue weighted by molar-refractivity contribution is 0.0952. The van der Waals surface area contributed by atoms with Gasteiger partial charge in [0.05, 0.1) is 0 Å². The van der Waals surface area contributed by atoms with Crippen LogP contribution in [0.5, 0.6) is 0 Å². The highest BCUT2D eigenvalue weighted by atomic mass is 16.1. The zero-order chi connectivity index (χ0) is 22.9. The van der Waals surface area contributed by atoms with Crippen molar-refractivity contribution < 1.29 is 4.79 Å². The molecular formula is C31H30N2O. The van der Waals surface area contributed by atoms with Crippen molar-refractivity contribution in [3.63, 3.8) is 0 Å². The molecule has 4 aromatic carbocycles. The van der Waals surface area contributed by atoms with Crippen LogP contribution in [0.2, 0.25) is 0 Å². The van der Waals surface area contributed by atoms with Crippen molar-refractivity contribution in [2.45, 2.75) is 32.2 Å². The van der Waals surface area contributed by atoms with Crippen molar-refractivity contribution in [2.75, 3.05) is 19.6 Å². The van der Waals surface area contributed by atoms with Crippen LogP contribution in [-0.4, -0.2) is 30.4 Å². The fourth-order valence-electron chi connectivity index (χ4n) is 5.66. The Hall–Kier alpha value is -3.43. The topological polar surface area (TPSA) is 32.3 Å². The molecule has 3 heteroatoms. The van der Waals surface area contributed by atoms with E-state index in [9.17, 15) is 4.79 Å². The number of carbonyl (C=O) groups is 1. The summed E-state index contributed by atoms with van der Waals surface area (Å²) in [5, 5.41) is 5.89. The normalized spacial score (nSPS) is 14.5. The number of amides is 1. The fourth-order valence-corrected chi connectivity index (χ4v) is 5.66. The molecule has 2 aliphatic rings. The van der Waals surface area contributed by atoms with E-state index in [0.29, 0.717) is 0 Å². The monoisotopic (exact) mass is 446 g/mol. The van der Waals surface area contributed by atoms with E-state index < -0.39 is 0 Å². The van der Waals surface area contributed by atoms with E-state index in [4.69, 9.17) is 0 Å². The van der Waals surface area contributed by atoms with E-state index in [1.165, 1.54) is 44.2 Å². The van der Waals surface area contributed by atoms with Gasteiger partial charge < -0.3 is 5.32 Å². The van der Waals surface area contributed by atoms with Crippen LogP contribution in [-0.2, 0) is 19.4 Å². The molecule has 0 fully saturated rings. The predicted octanol–water partition coefficient (Wildman–Crippen LogP) is 5.98. The van der Waals surface area contributed by atoms with Crippen LogP contribution in [0.1, 0.15) is 45.5 Å². The maximum atomic E-state index is 12.7. The quantitative estimate of drug-likeness (QED) is 0.326. The molecule has 1 aliphatic carbocycles. The number of nitrogens with zero attached hydrogens (tertiary/aromatic N) is 1. The first kappa shape index (κ1) is 21.1. The second kappa shape index (κ2) is 9.08. The number of fused-ring (bicyclic) bond motifs is 6. The van der Waals surface area contributed by atoms with Crippen LogP contribution < -0.4 is 5.32 Å². The van der Waals surface area contributed by atoms with Crippen molar-refractivity contribution in [3.05, 3.63) is 107 Å². The first-order valence-corrected chi connectivity index (χ1v) is 12.5. The van der Waals surface area contributed by atoms with E-state index >= 15 is 0 Å². The van der Waals surface area contributed by atoms with Gasteiger partial charge in [-0.15, -0.1) is 0 Å². The molecule has 170 valence electrons. The van der Waals surface area contributed by atoms with E-state index in [-0.39, 0.29) is 5.91 Å².